The van der Waals surface area contributed by atoms with Crippen molar-refractivity contribution in [1.82, 2.24) is 4.57 Å². The first-order valence-corrected chi connectivity index (χ1v) is 16.7. The summed E-state index contributed by atoms with van der Waals surface area (Å²) in [7, 11) is -1.45. The molecule has 238 valence electrons. The lowest BCUT2D eigenvalue weighted by atomic mass is 9.80. The largest absolute Gasteiger partial charge is 0.488 e. The van der Waals surface area contributed by atoms with Gasteiger partial charge in [0.05, 0.1) is 11.0 Å². The molecule has 0 saturated heterocycles. The summed E-state index contributed by atoms with van der Waals surface area (Å²) in [6, 6.07) is 47.4. The van der Waals surface area contributed by atoms with Crippen LogP contribution in [0.5, 0.6) is 0 Å². The topological polar surface area (TPSA) is 45.4 Å². The Labute approximate surface area is 284 Å². The van der Waals surface area contributed by atoms with Crippen LogP contribution in [-0.2, 0) is 10.8 Å². The van der Waals surface area contributed by atoms with Gasteiger partial charge in [0.25, 0.3) is 0 Å². The molecule has 3 nitrogen and oxygen atoms in total. The Hall–Kier alpha value is -4.90. The second-order valence-electron chi connectivity index (χ2n) is 15.0. The van der Waals surface area contributed by atoms with Gasteiger partial charge in [0.15, 0.2) is 0 Å². The van der Waals surface area contributed by atoms with Crippen LogP contribution in [0.4, 0.5) is 0 Å². The smallest absolute Gasteiger partial charge is 0.423 e. The molecular weight excluding hydrogens is 585 g/mol. The lowest BCUT2D eigenvalue weighted by molar-refractivity contribution is 0.426. The SMILES string of the molecule is CC(C)(C)c1ccc2c(c1)c1cc(C(C)(C)C)ccc1n2-c1ccc(-c2ccc(-c3ccc(-c4ccc(B(O)O)cc4)cc3)cc2)cc1. The molecule has 0 aliphatic carbocycles. The van der Waals surface area contributed by atoms with Crippen molar-refractivity contribution in [3.63, 3.8) is 0 Å². The lowest BCUT2D eigenvalue weighted by Crippen LogP contribution is -2.29. The van der Waals surface area contributed by atoms with E-state index in [9.17, 15) is 10.0 Å². The number of benzene rings is 6. The maximum absolute atomic E-state index is 9.37. The molecule has 48 heavy (non-hydrogen) atoms. The van der Waals surface area contributed by atoms with Crippen LogP contribution in [-0.4, -0.2) is 21.7 Å². The molecule has 2 N–H and O–H groups in total. The van der Waals surface area contributed by atoms with Crippen LogP contribution in [0.25, 0.3) is 60.9 Å². The third kappa shape index (κ3) is 5.98. The van der Waals surface area contributed by atoms with E-state index in [2.05, 4.69) is 155 Å². The molecule has 0 spiro atoms. The highest BCUT2D eigenvalue weighted by molar-refractivity contribution is 6.58. The van der Waals surface area contributed by atoms with Crippen LogP contribution in [0.1, 0.15) is 52.7 Å². The highest BCUT2D eigenvalue weighted by atomic mass is 16.4. The minimum absolute atomic E-state index is 0.0744. The van der Waals surface area contributed by atoms with Crippen LogP contribution in [0, 0.1) is 0 Å². The van der Waals surface area contributed by atoms with E-state index < -0.39 is 7.12 Å². The third-order valence-corrected chi connectivity index (χ3v) is 9.60. The standard InChI is InChI=1S/C44H42BNO2/c1-43(2,3)35-19-25-41-39(27-35)40-28-36(44(4,5)6)20-26-42(40)46(41)38-23-17-34(18-24-38)32-13-9-30(10-14-32)29-7-11-31(12-8-29)33-15-21-37(22-16-33)45(47)48/h7-28,47-48H,1-6H3. The summed E-state index contributed by atoms with van der Waals surface area (Å²) in [5, 5.41) is 21.3. The number of hydrogen-bond acceptors (Lipinski definition) is 2. The molecule has 1 heterocycles. The van der Waals surface area contributed by atoms with Gasteiger partial charge in [-0.3, -0.25) is 0 Å². The zero-order valence-electron chi connectivity index (χ0n) is 28.6. The Morgan fingerprint density at radius 2 is 0.729 bits per heavy atom. The molecule has 7 aromatic rings. The Morgan fingerprint density at radius 1 is 0.417 bits per heavy atom. The van der Waals surface area contributed by atoms with Crippen molar-refractivity contribution in [2.24, 2.45) is 0 Å². The summed E-state index contributed by atoms with van der Waals surface area (Å²) in [5.74, 6) is 0. The maximum atomic E-state index is 9.37. The third-order valence-electron chi connectivity index (χ3n) is 9.60. The number of nitrogens with zero attached hydrogens (tertiary/aromatic N) is 1. The van der Waals surface area contributed by atoms with E-state index >= 15 is 0 Å². The van der Waals surface area contributed by atoms with E-state index in [4.69, 9.17) is 0 Å². The molecule has 0 fully saturated rings. The first kappa shape index (κ1) is 31.7. The average Bonchev–Trinajstić information content (AvgIpc) is 3.41. The second-order valence-corrected chi connectivity index (χ2v) is 15.0. The van der Waals surface area contributed by atoms with E-state index in [-0.39, 0.29) is 10.8 Å². The van der Waals surface area contributed by atoms with Crippen LogP contribution in [0.3, 0.4) is 0 Å². The van der Waals surface area contributed by atoms with Crippen LogP contribution in [0.15, 0.2) is 133 Å². The van der Waals surface area contributed by atoms with Crippen molar-refractivity contribution in [3.05, 3.63) is 145 Å². The Bertz CT molecular complexity index is 2160. The van der Waals surface area contributed by atoms with Gasteiger partial charge in [-0.2, -0.15) is 0 Å². The van der Waals surface area contributed by atoms with Crippen molar-refractivity contribution < 1.29 is 10.0 Å². The summed E-state index contributed by atoms with van der Waals surface area (Å²) in [6.07, 6.45) is 0. The highest BCUT2D eigenvalue weighted by Crippen LogP contribution is 2.38. The molecule has 0 aliphatic rings. The molecule has 4 heteroatoms. The average molecular weight is 628 g/mol. The molecule has 0 saturated carbocycles. The van der Waals surface area contributed by atoms with Gasteiger partial charge in [-0.25, -0.2) is 0 Å². The first-order valence-electron chi connectivity index (χ1n) is 16.7. The van der Waals surface area contributed by atoms with E-state index in [0.717, 1.165) is 27.9 Å². The summed E-state index contributed by atoms with van der Waals surface area (Å²) >= 11 is 0. The van der Waals surface area contributed by atoms with Crippen LogP contribution < -0.4 is 5.46 Å². The zero-order chi connectivity index (χ0) is 33.8. The van der Waals surface area contributed by atoms with E-state index in [1.807, 2.05) is 12.1 Å². The fourth-order valence-corrected chi connectivity index (χ4v) is 6.60. The summed E-state index contributed by atoms with van der Waals surface area (Å²) in [5.41, 5.74) is 13.7. The van der Waals surface area contributed by atoms with Crippen molar-refractivity contribution >= 4 is 34.4 Å². The van der Waals surface area contributed by atoms with E-state index in [0.29, 0.717) is 5.46 Å². The number of aromatic nitrogens is 1. The predicted octanol–water partition coefficient (Wildman–Crippen LogP) is 10.1. The zero-order valence-corrected chi connectivity index (χ0v) is 28.6. The Balaban J connectivity index is 1.18. The van der Waals surface area contributed by atoms with E-state index in [1.165, 1.54) is 44.1 Å². The summed E-state index contributed by atoms with van der Waals surface area (Å²) in [6.45, 7) is 13.7. The molecule has 0 bridgehead atoms. The molecule has 0 radical (unpaired) electrons. The fraction of sp³-hybridized carbons (Fsp3) is 0.182. The Kier molecular flexibility index (Phi) is 7.90. The molecular formula is C44H42BNO2. The minimum Gasteiger partial charge on any atom is -0.423 e. The molecule has 1 aromatic heterocycles. The molecule has 0 atom stereocenters. The van der Waals surface area contributed by atoms with Crippen molar-refractivity contribution in [2.75, 3.05) is 0 Å². The lowest BCUT2D eigenvalue weighted by Gasteiger charge is -2.19. The van der Waals surface area contributed by atoms with Gasteiger partial charge in [-0.05, 0) is 97.2 Å². The number of rotatable bonds is 5. The van der Waals surface area contributed by atoms with Crippen LogP contribution >= 0.6 is 0 Å². The maximum Gasteiger partial charge on any atom is 0.488 e. The second kappa shape index (κ2) is 12.0. The summed E-state index contributed by atoms with van der Waals surface area (Å²) in [4.78, 5) is 0. The normalized spacial score (nSPS) is 12.2. The molecule has 0 amide bonds. The Morgan fingerprint density at radius 3 is 1.04 bits per heavy atom. The quantitative estimate of drug-likeness (QED) is 0.187. The molecule has 7 rings (SSSR count). The van der Waals surface area contributed by atoms with E-state index in [1.54, 1.807) is 12.1 Å². The van der Waals surface area contributed by atoms with Crippen molar-refractivity contribution in [3.8, 4) is 39.1 Å². The minimum atomic E-state index is -1.45. The van der Waals surface area contributed by atoms with Gasteiger partial charge >= 0.3 is 7.12 Å². The summed E-state index contributed by atoms with van der Waals surface area (Å²) < 4.78 is 2.41. The van der Waals surface area contributed by atoms with Gasteiger partial charge in [0, 0.05) is 16.5 Å². The first-order chi connectivity index (χ1) is 22.9. The monoisotopic (exact) mass is 627 g/mol. The van der Waals surface area contributed by atoms with Crippen LogP contribution in [0.2, 0.25) is 0 Å². The molecule has 6 aromatic carbocycles. The van der Waals surface area contributed by atoms with Gasteiger partial charge in [0.1, 0.15) is 0 Å². The highest BCUT2D eigenvalue weighted by Gasteiger charge is 2.21. The molecule has 0 aliphatic heterocycles. The van der Waals surface area contributed by atoms with Gasteiger partial charge < -0.3 is 14.6 Å². The number of fused-ring (bicyclic) bond motifs is 3. The van der Waals surface area contributed by atoms with Crippen molar-refractivity contribution in [2.45, 2.75) is 52.4 Å². The van der Waals surface area contributed by atoms with Gasteiger partial charge in [-0.1, -0.05) is 139 Å². The van der Waals surface area contributed by atoms with Gasteiger partial charge in [0.2, 0.25) is 0 Å². The fourth-order valence-electron chi connectivity index (χ4n) is 6.60. The predicted molar refractivity (Wildman–Crippen MR) is 204 cm³/mol. The molecule has 0 unspecified atom stereocenters. The number of hydrogen-bond donors (Lipinski definition) is 2. The van der Waals surface area contributed by atoms with Gasteiger partial charge in [-0.15, -0.1) is 0 Å². The van der Waals surface area contributed by atoms with Crippen molar-refractivity contribution in [1.29, 1.82) is 0 Å².